The zero-order valence-electron chi connectivity index (χ0n) is 15.8. The normalized spacial score (nSPS) is 19.3. The van der Waals surface area contributed by atoms with E-state index >= 15 is 0 Å². The molecule has 2 aromatic rings. The number of ether oxygens (including phenoxy) is 2. The van der Waals surface area contributed by atoms with Crippen LogP contribution >= 0.6 is 23.2 Å². The van der Waals surface area contributed by atoms with Crippen molar-refractivity contribution >= 4 is 28.9 Å². The SMILES string of the molecule is Cc1c([N+](=O)[O-])c(OCCCCc2nc(Cl)ncc2Cl)nn1C1COCCC1O. The molecule has 0 radical (unpaired) electrons. The second kappa shape index (κ2) is 9.66. The van der Waals surface area contributed by atoms with Gasteiger partial charge in [0.1, 0.15) is 11.7 Å². The van der Waals surface area contributed by atoms with Crippen molar-refractivity contribution in [3.05, 3.63) is 38.0 Å². The Balaban J connectivity index is 1.62. The van der Waals surface area contributed by atoms with Gasteiger partial charge in [0.15, 0.2) is 0 Å². The average molecular weight is 446 g/mol. The summed E-state index contributed by atoms with van der Waals surface area (Å²) in [7, 11) is 0. The lowest BCUT2D eigenvalue weighted by Gasteiger charge is -2.28. The maximum Gasteiger partial charge on any atom is 0.352 e. The van der Waals surface area contributed by atoms with Crippen molar-refractivity contribution < 1.29 is 19.5 Å². The number of hydrogen-bond donors (Lipinski definition) is 1. The molecule has 0 amide bonds. The van der Waals surface area contributed by atoms with Gasteiger partial charge in [0.05, 0.1) is 41.2 Å². The van der Waals surface area contributed by atoms with Gasteiger partial charge in [0.2, 0.25) is 5.28 Å². The zero-order valence-corrected chi connectivity index (χ0v) is 17.3. The predicted molar refractivity (Wildman–Crippen MR) is 105 cm³/mol. The number of nitro groups is 1. The molecule has 3 rings (SSSR count). The van der Waals surface area contributed by atoms with E-state index in [4.69, 9.17) is 32.7 Å². The summed E-state index contributed by atoms with van der Waals surface area (Å²) in [5.74, 6) is -0.0617. The van der Waals surface area contributed by atoms with Crippen LogP contribution in [0.3, 0.4) is 0 Å². The minimum absolute atomic E-state index is 0.0617. The standard InChI is InChI=1S/C17H21Cl2N5O5/c1-10-15(24(26)27)16(22-23(10)13-9-28-7-5-14(13)25)29-6-3-2-4-12-11(18)8-20-17(19)21-12/h8,13-14,25H,2-7,9H2,1H3. The fourth-order valence-electron chi connectivity index (χ4n) is 3.18. The molecule has 3 heterocycles. The largest absolute Gasteiger partial charge is 0.472 e. The van der Waals surface area contributed by atoms with Crippen molar-refractivity contribution in [1.29, 1.82) is 0 Å². The Morgan fingerprint density at radius 2 is 2.24 bits per heavy atom. The molecule has 29 heavy (non-hydrogen) atoms. The molecule has 2 aromatic heterocycles. The smallest absolute Gasteiger partial charge is 0.352 e. The topological polar surface area (TPSA) is 125 Å². The lowest BCUT2D eigenvalue weighted by Crippen LogP contribution is -2.35. The van der Waals surface area contributed by atoms with Crippen LogP contribution in [0.1, 0.15) is 36.7 Å². The summed E-state index contributed by atoms with van der Waals surface area (Å²) < 4.78 is 12.4. The molecule has 1 aliphatic heterocycles. The Kier molecular flexibility index (Phi) is 7.23. The molecule has 0 bridgehead atoms. The van der Waals surface area contributed by atoms with Gasteiger partial charge in [-0.05, 0) is 44.2 Å². The first-order valence-corrected chi connectivity index (χ1v) is 9.93. The Labute approximate surface area is 176 Å². The molecule has 0 aliphatic carbocycles. The Morgan fingerprint density at radius 3 is 2.97 bits per heavy atom. The van der Waals surface area contributed by atoms with E-state index < -0.39 is 17.1 Å². The van der Waals surface area contributed by atoms with Gasteiger partial charge in [-0.2, -0.15) is 0 Å². The maximum atomic E-state index is 11.5. The lowest BCUT2D eigenvalue weighted by atomic mass is 10.1. The highest BCUT2D eigenvalue weighted by Gasteiger charge is 2.34. The number of aliphatic hydroxyl groups is 1. The molecular weight excluding hydrogens is 425 g/mol. The quantitative estimate of drug-likeness (QED) is 0.284. The van der Waals surface area contributed by atoms with Gasteiger partial charge < -0.3 is 14.6 Å². The van der Waals surface area contributed by atoms with E-state index in [0.717, 1.165) is 0 Å². The first-order chi connectivity index (χ1) is 13.9. The maximum absolute atomic E-state index is 11.5. The number of aliphatic hydroxyl groups excluding tert-OH is 1. The first kappa shape index (κ1) is 21.7. The summed E-state index contributed by atoms with van der Waals surface area (Å²) >= 11 is 11.8. The molecule has 10 nitrogen and oxygen atoms in total. The van der Waals surface area contributed by atoms with Crippen LogP contribution in [0.5, 0.6) is 5.88 Å². The zero-order chi connectivity index (χ0) is 21.0. The number of aryl methyl sites for hydroxylation is 1. The molecule has 0 aromatic carbocycles. The predicted octanol–water partition coefficient (Wildman–Crippen LogP) is 2.92. The number of unbranched alkanes of at least 4 members (excludes halogenated alkanes) is 1. The van der Waals surface area contributed by atoms with E-state index in [1.165, 1.54) is 10.9 Å². The molecule has 12 heteroatoms. The molecule has 1 saturated heterocycles. The number of nitrogens with zero attached hydrogens (tertiary/aromatic N) is 5. The van der Waals surface area contributed by atoms with Gasteiger partial charge in [0, 0.05) is 6.61 Å². The third-order valence-electron chi connectivity index (χ3n) is 4.71. The molecule has 1 N–H and O–H groups in total. The van der Waals surface area contributed by atoms with Crippen LogP contribution in [-0.2, 0) is 11.2 Å². The summed E-state index contributed by atoms with van der Waals surface area (Å²) in [6.45, 7) is 2.51. The van der Waals surface area contributed by atoms with Crippen molar-refractivity contribution in [2.45, 2.75) is 44.8 Å². The van der Waals surface area contributed by atoms with E-state index in [2.05, 4.69) is 15.1 Å². The van der Waals surface area contributed by atoms with Crippen molar-refractivity contribution in [3.63, 3.8) is 0 Å². The van der Waals surface area contributed by atoms with Crippen LogP contribution in [0.25, 0.3) is 0 Å². The highest BCUT2D eigenvalue weighted by atomic mass is 35.5. The minimum Gasteiger partial charge on any atom is -0.472 e. The third kappa shape index (κ3) is 5.13. The van der Waals surface area contributed by atoms with Gasteiger partial charge >= 0.3 is 11.6 Å². The lowest BCUT2D eigenvalue weighted by molar-refractivity contribution is -0.386. The van der Waals surface area contributed by atoms with E-state index in [-0.39, 0.29) is 30.1 Å². The fourth-order valence-corrected chi connectivity index (χ4v) is 3.51. The van der Waals surface area contributed by atoms with Crippen LogP contribution in [0.15, 0.2) is 6.20 Å². The molecule has 158 valence electrons. The van der Waals surface area contributed by atoms with E-state index in [9.17, 15) is 15.2 Å². The molecule has 2 unspecified atom stereocenters. The van der Waals surface area contributed by atoms with Crippen molar-refractivity contribution in [2.75, 3.05) is 19.8 Å². The molecule has 1 fully saturated rings. The monoisotopic (exact) mass is 445 g/mol. The van der Waals surface area contributed by atoms with Crippen molar-refractivity contribution in [1.82, 2.24) is 19.7 Å². The van der Waals surface area contributed by atoms with Gasteiger partial charge in [0.25, 0.3) is 0 Å². The first-order valence-electron chi connectivity index (χ1n) is 9.17. The number of halogens is 2. The summed E-state index contributed by atoms with van der Waals surface area (Å²) in [5.41, 5.74) is 0.763. The molecule has 0 spiro atoms. The number of hydrogen-bond acceptors (Lipinski definition) is 8. The second-order valence-corrected chi connectivity index (χ2v) is 7.42. The fraction of sp³-hybridized carbons (Fsp3) is 0.588. The highest BCUT2D eigenvalue weighted by Crippen LogP contribution is 2.33. The summed E-state index contributed by atoms with van der Waals surface area (Å²) in [5, 5.41) is 26.5. The van der Waals surface area contributed by atoms with E-state index in [1.54, 1.807) is 6.92 Å². The van der Waals surface area contributed by atoms with Crippen LogP contribution in [0.2, 0.25) is 10.3 Å². The van der Waals surface area contributed by atoms with Crippen molar-refractivity contribution in [2.24, 2.45) is 0 Å². The highest BCUT2D eigenvalue weighted by molar-refractivity contribution is 6.31. The van der Waals surface area contributed by atoms with Crippen LogP contribution < -0.4 is 4.74 Å². The molecule has 2 atom stereocenters. The Bertz CT molecular complexity index is 878. The van der Waals surface area contributed by atoms with Gasteiger partial charge in [-0.25, -0.2) is 9.97 Å². The minimum atomic E-state index is -0.681. The Hall–Kier alpha value is -2.01. The summed E-state index contributed by atoms with van der Waals surface area (Å²) in [6.07, 6.45) is 3.09. The third-order valence-corrected chi connectivity index (χ3v) is 5.21. The summed E-state index contributed by atoms with van der Waals surface area (Å²) in [4.78, 5) is 18.9. The molecule has 1 aliphatic rings. The van der Waals surface area contributed by atoms with Gasteiger partial charge in [-0.15, -0.1) is 5.10 Å². The van der Waals surface area contributed by atoms with Crippen LogP contribution in [0, 0.1) is 17.0 Å². The van der Waals surface area contributed by atoms with Crippen molar-refractivity contribution in [3.8, 4) is 5.88 Å². The number of rotatable bonds is 8. The van der Waals surface area contributed by atoms with Gasteiger partial charge in [-0.3, -0.25) is 14.8 Å². The molecular formula is C17H21Cl2N5O5. The van der Waals surface area contributed by atoms with Gasteiger partial charge in [-0.1, -0.05) is 11.6 Å². The average Bonchev–Trinajstić information content (AvgIpc) is 3.01. The second-order valence-electron chi connectivity index (χ2n) is 6.68. The van der Waals surface area contributed by atoms with Crippen LogP contribution in [-0.4, -0.2) is 55.7 Å². The van der Waals surface area contributed by atoms with E-state index in [0.29, 0.717) is 48.7 Å². The Morgan fingerprint density at radius 1 is 1.45 bits per heavy atom. The van der Waals surface area contributed by atoms with Crippen LogP contribution in [0.4, 0.5) is 5.69 Å². The molecule has 0 saturated carbocycles. The number of aromatic nitrogens is 4. The van der Waals surface area contributed by atoms with E-state index in [1.807, 2.05) is 0 Å². The summed E-state index contributed by atoms with van der Waals surface area (Å²) in [6, 6.07) is -0.482.